The lowest BCUT2D eigenvalue weighted by molar-refractivity contribution is -0.112. The van der Waals surface area contributed by atoms with Crippen LogP contribution in [0.3, 0.4) is 0 Å². The molecule has 0 aliphatic rings. The van der Waals surface area contributed by atoms with Gasteiger partial charge in [-0.15, -0.1) is 0 Å². The Kier molecular flexibility index (Phi) is 8.36. The maximum Gasteiger partial charge on any atom is 0.266 e. The third kappa shape index (κ3) is 5.76. The molecule has 0 saturated carbocycles. The van der Waals surface area contributed by atoms with E-state index in [2.05, 4.69) is 46.1 Å². The summed E-state index contributed by atoms with van der Waals surface area (Å²) < 4.78 is 12.5. The molecule has 180 valence electrons. The molecule has 0 atom stereocenters. The van der Waals surface area contributed by atoms with Gasteiger partial charge < -0.3 is 14.8 Å². The minimum absolute atomic E-state index is 0.103. The molecule has 36 heavy (non-hydrogen) atoms. The molecule has 0 spiro atoms. The van der Waals surface area contributed by atoms with Gasteiger partial charge in [-0.1, -0.05) is 71.7 Å². The summed E-state index contributed by atoms with van der Waals surface area (Å²) in [5, 5.41) is 15.0. The SMILES string of the molecule is COc1cc(/C=C(\C#N)C(=O)Nc2cccc(Cl)c2Cl)cc(I)c1OCc1cccc2ccccc12. The Morgan fingerprint density at radius 3 is 2.61 bits per heavy atom. The van der Waals surface area contributed by atoms with Gasteiger partial charge in [-0.2, -0.15) is 5.26 Å². The average Bonchev–Trinajstić information content (AvgIpc) is 2.88. The number of amides is 1. The summed E-state index contributed by atoms with van der Waals surface area (Å²) >= 11 is 14.3. The zero-order chi connectivity index (χ0) is 25.7. The molecule has 0 heterocycles. The molecule has 4 aromatic rings. The highest BCUT2D eigenvalue weighted by molar-refractivity contribution is 14.1. The summed E-state index contributed by atoms with van der Waals surface area (Å²) in [6, 6.07) is 24.6. The predicted molar refractivity (Wildman–Crippen MR) is 153 cm³/mol. The number of nitrogens with zero attached hydrogens (tertiary/aromatic N) is 1. The third-order valence-corrected chi connectivity index (χ3v) is 7.00. The van der Waals surface area contributed by atoms with Crippen molar-refractivity contribution in [2.45, 2.75) is 6.61 Å². The van der Waals surface area contributed by atoms with Gasteiger partial charge in [-0.25, -0.2) is 0 Å². The van der Waals surface area contributed by atoms with Crippen LogP contribution >= 0.6 is 45.8 Å². The molecule has 8 heteroatoms. The van der Waals surface area contributed by atoms with Crippen LogP contribution in [0.5, 0.6) is 11.5 Å². The number of benzene rings is 4. The van der Waals surface area contributed by atoms with E-state index in [1.165, 1.54) is 6.08 Å². The Balaban J connectivity index is 1.58. The van der Waals surface area contributed by atoms with Gasteiger partial charge in [0.05, 0.1) is 26.4 Å². The van der Waals surface area contributed by atoms with Crippen LogP contribution in [0.4, 0.5) is 5.69 Å². The van der Waals surface area contributed by atoms with E-state index in [4.69, 9.17) is 32.7 Å². The van der Waals surface area contributed by atoms with E-state index in [-0.39, 0.29) is 10.6 Å². The Labute approximate surface area is 232 Å². The lowest BCUT2D eigenvalue weighted by Gasteiger charge is -2.15. The summed E-state index contributed by atoms with van der Waals surface area (Å²) in [6.07, 6.45) is 1.48. The second-order valence-corrected chi connectivity index (χ2v) is 9.63. The number of nitriles is 1. The number of carbonyl (C=O) groups is 1. The smallest absolute Gasteiger partial charge is 0.266 e. The van der Waals surface area contributed by atoms with Gasteiger partial charge in [0.2, 0.25) is 0 Å². The number of hydrogen-bond donors (Lipinski definition) is 1. The number of methoxy groups -OCH3 is 1. The first-order chi connectivity index (χ1) is 17.4. The lowest BCUT2D eigenvalue weighted by atomic mass is 10.1. The van der Waals surface area contributed by atoms with E-state index in [9.17, 15) is 10.1 Å². The number of fused-ring (bicyclic) bond motifs is 1. The second kappa shape index (κ2) is 11.7. The van der Waals surface area contributed by atoms with Gasteiger partial charge in [0, 0.05) is 0 Å². The topological polar surface area (TPSA) is 71.3 Å². The quantitative estimate of drug-likeness (QED) is 0.128. The summed E-state index contributed by atoms with van der Waals surface area (Å²) in [5.41, 5.74) is 1.88. The molecule has 1 N–H and O–H groups in total. The summed E-state index contributed by atoms with van der Waals surface area (Å²) in [4.78, 5) is 12.7. The van der Waals surface area contributed by atoms with Crippen molar-refractivity contribution in [1.29, 1.82) is 5.26 Å². The van der Waals surface area contributed by atoms with E-state index < -0.39 is 5.91 Å². The summed E-state index contributed by atoms with van der Waals surface area (Å²) in [7, 11) is 1.54. The zero-order valence-corrected chi connectivity index (χ0v) is 22.7. The fourth-order valence-corrected chi connectivity index (χ4v) is 4.77. The number of rotatable bonds is 7. The van der Waals surface area contributed by atoms with Crippen molar-refractivity contribution < 1.29 is 14.3 Å². The Morgan fingerprint density at radius 1 is 1.08 bits per heavy atom. The first-order valence-corrected chi connectivity index (χ1v) is 12.6. The Bertz CT molecular complexity index is 1520. The number of nitrogens with one attached hydrogen (secondary N) is 1. The van der Waals surface area contributed by atoms with Crippen LogP contribution in [0, 0.1) is 14.9 Å². The van der Waals surface area contributed by atoms with Crippen molar-refractivity contribution in [2.75, 3.05) is 12.4 Å². The maximum absolute atomic E-state index is 12.7. The fourth-order valence-electron chi connectivity index (χ4n) is 3.64. The molecule has 1 amide bonds. The van der Waals surface area contributed by atoms with Crippen LogP contribution in [0.1, 0.15) is 11.1 Å². The molecular formula is C28H19Cl2IN2O3. The van der Waals surface area contributed by atoms with Crippen molar-refractivity contribution in [1.82, 2.24) is 0 Å². The Hall–Kier alpha value is -3.25. The van der Waals surface area contributed by atoms with Crippen LogP contribution in [0.2, 0.25) is 10.0 Å². The van der Waals surface area contributed by atoms with Crippen LogP contribution < -0.4 is 14.8 Å². The van der Waals surface area contributed by atoms with Gasteiger partial charge in [-0.3, -0.25) is 4.79 Å². The van der Waals surface area contributed by atoms with Gasteiger partial charge in [0.25, 0.3) is 5.91 Å². The molecule has 5 nitrogen and oxygen atoms in total. The number of ether oxygens (including phenoxy) is 2. The molecule has 4 aromatic carbocycles. The van der Waals surface area contributed by atoms with Crippen molar-refractivity contribution in [3.63, 3.8) is 0 Å². The maximum atomic E-state index is 12.7. The van der Waals surface area contributed by atoms with Crippen LogP contribution in [-0.2, 0) is 11.4 Å². The van der Waals surface area contributed by atoms with Crippen molar-refractivity contribution in [2.24, 2.45) is 0 Å². The van der Waals surface area contributed by atoms with Crippen molar-refractivity contribution >= 4 is 74.2 Å². The molecule has 0 unspecified atom stereocenters. The monoisotopic (exact) mass is 628 g/mol. The third-order valence-electron chi connectivity index (χ3n) is 5.38. The molecular weight excluding hydrogens is 610 g/mol. The van der Waals surface area contributed by atoms with E-state index >= 15 is 0 Å². The van der Waals surface area contributed by atoms with Crippen molar-refractivity contribution in [3.05, 3.63) is 103 Å². The zero-order valence-electron chi connectivity index (χ0n) is 19.0. The second-order valence-electron chi connectivity index (χ2n) is 7.69. The molecule has 0 aliphatic carbocycles. The highest BCUT2D eigenvalue weighted by Gasteiger charge is 2.16. The van der Waals surface area contributed by atoms with Gasteiger partial charge in [0.15, 0.2) is 11.5 Å². The highest BCUT2D eigenvalue weighted by Crippen LogP contribution is 2.36. The molecule has 0 aromatic heterocycles. The van der Waals surface area contributed by atoms with E-state index in [1.54, 1.807) is 31.4 Å². The summed E-state index contributed by atoms with van der Waals surface area (Å²) in [5.74, 6) is 0.466. The number of halogens is 3. The number of hydrogen-bond acceptors (Lipinski definition) is 4. The van der Waals surface area contributed by atoms with Gasteiger partial charge in [0.1, 0.15) is 18.2 Å². The largest absolute Gasteiger partial charge is 0.493 e. The predicted octanol–water partition coefficient (Wildman–Crippen LogP) is 7.88. The van der Waals surface area contributed by atoms with E-state index in [0.29, 0.717) is 34.4 Å². The molecule has 0 radical (unpaired) electrons. The van der Waals surface area contributed by atoms with Crippen molar-refractivity contribution in [3.8, 4) is 17.6 Å². The first-order valence-electron chi connectivity index (χ1n) is 10.8. The van der Waals surface area contributed by atoms with E-state index in [1.807, 2.05) is 36.4 Å². The fraction of sp³-hybridized carbons (Fsp3) is 0.0714. The average molecular weight is 629 g/mol. The molecule has 0 aliphatic heterocycles. The van der Waals surface area contributed by atoms with E-state index in [0.717, 1.165) is 19.9 Å². The highest BCUT2D eigenvalue weighted by atomic mass is 127. The van der Waals surface area contributed by atoms with Crippen LogP contribution in [0.25, 0.3) is 16.8 Å². The summed E-state index contributed by atoms with van der Waals surface area (Å²) in [6.45, 7) is 0.356. The standard InChI is InChI=1S/C28H19Cl2IN2O3/c1-35-25-14-17(12-20(15-32)28(34)33-24-11-5-10-22(29)26(24)30)13-23(31)27(25)36-16-19-8-4-7-18-6-2-3-9-21(18)19/h2-14H,16H2,1H3,(H,33,34)/b20-12+. The Morgan fingerprint density at radius 2 is 1.83 bits per heavy atom. The molecule has 0 bridgehead atoms. The molecule has 4 rings (SSSR count). The van der Waals surface area contributed by atoms with Gasteiger partial charge >= 0.3 is 0 Å². The molecule has 0 saturated heterocycles. The van der Waals surface area contributed by atoms with Gasteiger partial charge in [-0.05, 0) is 74.8 Å². The first kappa shape index (κ1) is 25.8. The number of anilines is 1. The normalized spacial score (nSPS) is 11.1. The lowest BCUT2D eigenvalue weighted by Crippen LogP contribution is -2.13. The number of carbonyl (C=O) groups excluding carboxylic acids is 1. The minimum atomic E-state index is -0.605. The van der Waals surface area contributed by atoms with Crippen LogP contribution in [0.15, 0.2) is 78.4 Å². The molecule has 0 fully saturated rings. The van der Waals surface area contributed by atoms with Crippen LogP contribution in [-0.4, -0.2) is 13.0 Å². The minimum Gasteiger partial charge on any atom is -0.493 e.